The van der Waals surface area contributed by atoms with E-state index >= 15 is 0 Å². The number of nitrogens with one attached hydrogen (secondary N) is 1. The summed E-state index contributed by atoms with van der Waals surface area (Å²) >= 11 is 8.21. The molecule has 0 unspecified atom stereocenters. The fraction of sp³-hybridized carbons (Fsp3) is 0.200. The van der Waals surface area contributed by atoms with E-state index in [-0.39, 0.29) is 23.2 Å². The first-order valence-electron chi connectivity index (χ1n) is 12.9. The van der Waals surface area contributed by atoms with Crippen molar-refractivity contribution >= 4 is 63.8 Å². The number of hydrogen-bond acceptors (Lipinski definition) is 8. The van der Waals surface area contributed by atoms with Crippen LogP contribution in [0.25, 0.3) is 0 Å². The summed E-state index contributed by atoms with van der Waals surface area (Å²) in [6, 6.07) is 20.6. The fourth-order valence-corrected chi connectivity index (χ4v) is 8.19. The number of benzene rings is 3. The van der Waals surface area contributed by atoms with Crippen molar-refractivity contribution in [3.63, 3.8) is 0 Å². The Morgan fingerprint density at radius 1 is 0.881 bits per heavy atom. The summed E-state index contributed by atoms with van der Waals surface area (Å²) in [5, 5.41) is 3.01. The highest BCUT2D eigenvalue weighted by molar-refractivity contribution is 8.00. The van der Waals surface area contributed by atoms with Gasteiger partial charge in [0.05, 0.1) is 30.9 Å². The Hall–Kier alpha value is -4.06. The Balaban J connectivity index is 1.38. The van der Waals surface area contributed by atoms with Gasteiger partial charge in [0.1, 0.15) is 23.3 Å². The number of carbonyl (C=O) groups excluding carboxylic acids is 3. The summed E-state index contributed by atoms with van der Waals surface area (Å²) in [6.45, 7) is -0.251. The lowest BCUT2D eigenvalue weighted by atomic mass is 9.83. The van der Waals surface area contributed by atoms with E-state index in [1.807, 2.05) is 12.1 Å². The standard InChI is InChI=1S/C30H24ClN3O6S2/c1-39-20-11-3-16(4-12-20)23-24-25(28(37)34(27(24)36)19-9-5-17(31)6-10-19)41-29-26(23)42-30(38)33(29)15-22(35)32-18-7-13-21(40-2)14-8-18/h3-14,23-25H,15H2,1-2H3,(H,32,35)/t23-,24-,25+/m0/s1. The van der Waals surface area contributed by atoms with Crippen molar-refractivity contribution in [3.8, 4) is 11.5 Å². The van der Waals surface area contributed by atoms with Gasteiger partial charge in [-0.25, -0.2) is 4.90 Å². The summed E-state index contributed by atoms with van der Waals surface area (Å²) in [5.74, 6) is -1.17. The smallest absolute Gasteiger partial charge is 0.308 e. The topological polar surface area (TPSA) is 107 Å². The van der Waals surface area contributed by atoms with Gasteiger partial charge in [-0.1, -0.05) is 46.8 Å². The highest BCUT2D eigenvalue weighted by Gasteiger charge is 2.56. The van der Waals surface area contributed by atoms with Crippen molar-refractivity contribution in [1.82, 2.24) is 4.57 Å². The Bertz CT molecular complexity index is 1730. The Morgan fingerprint density at radius 3 is 2.12 bits per heavy atom. The molecule has 0 saturated carbocycles. The average Bonchev–Trinajstić information content (AvgIpc) is 3.44. The molecule has 1 fully saturated rings. The Labute approximate surface area is 254 Å². The number of thiazole rings is 1. The summed E-state index contributed by atoms with van der Waals surface area (Å²) in [4.78, 5) is 55.6. The van der Waals surface area contributed by atoms with Crippen molar-refractivity contribution in [3.05, 3.63) is 97.9 Å². The summed E-state index contributed by atoms with van der Waals surface area (Å²) in [5.41, 5.74) is 1.75. The van der Waals surface area contributed by atoms with Crippen molar-refractivity contribution in [2.45, 2.75) is 22.7 Å². The minimum absolute atomic E-state index is 0.251. The molecule has 9 nitrogen and oxygen atoms in total. The number of fused-ring (bicyclic) bond motifs is 2. The van der Waals surface area contributed by atoms with Gasteiger partial charge in [-0.2, -0.15) is 0 Å². The molecular formula is C30H24ClN3O6S2. The molecule has 2 aliphatic heterocycles. The lowest BCUT2D eigenvalue weighted by molar-refractivity contribution is -0.122. The minimum atomic E-state index is -0.794. The van der Waals surface area contributed by atoms with Crippen LogP contribution in [0.5, 0.6) is 11.5 Å². The van der Waals surface area contributed by atoms with E-state index in [0.29, 0.717) is 37.8 Å². The maximum Gasteiger partial charge on any atom is 0.308 e. The molecule has 12 heteroatoms. The van der Waals surface area contributed by atoms with Crippen LogP contribution in [0.15, 0.2) is 82.6 Å². The second kappa shape index (κ2) is 11.3. The summed E-state index contributed by atoms with van der Waals surface area (Å²) in [7, 11) is 3.12. The van der Waals surface area contributed by atoms with Crippen LogP contribution < -0.4 is 24.6 Å². The number of thioether (sulfide) groups is 1. The zero-order valence-corrected chi connectivity index (χ0v) is 24.8. The van der Waals surface area contributed by atoms with Gasteiger partial charge in [0.2, 0.25) is 17.7 Å². The summed E-state index contributed by atoms with van der Waals surface area (Å²) < 4.78 is 11.9. The first-order valence-corrected chi connectivity index (χ1v) is 15.0. The molecular weight excluding hydrogens is 598 g/mol. The van der Waals surface area contributed by atoms with Crippen LogP contribution in [-0.2, 0) is 20.9 Å². The third kappa shape index (κ3) is 4.97. The van der Waals surface area contributed by atoms with Gasteiger partial charge in [-0.3, -0.25) is 23.7 Å². The Kier molecular flexibility index (Phi) is 7.56. The number of carbonyl (C=O) groups is 3. The van der Waals surface area contributed by atoms with E-state index in [1.54, 1.807) is 74.9 Å². The lowest BCUT2D eigenvalue weighted by Gasteiger charge is -2.30. The van der Waals surface area contributed by atoms with E-state index in [9.17, 15) is 19.2 Å². The van der Waals surface area contributed by atoms with E-state index in [4.69, 9.17) is 21.1 Å². The first kappa shape index (κ1) is 28.1. The largest absolute Gasteiger partial charge is 0.497 e. The number of halogens is 1. The van der Waals surface area contributed by atoms with Gasteiger partial charge >= 0.3 is 4.87 Å². The van der Waals surface area contributed by atoms with E-state index < -0.39 is 23.0 Å². The van der Waals surface area contributed by atoms with Gasteiger partial charge in [-0.05, 0) is 66.2 Å². The fourth-order valence-electron chi connectivity index (χ4n) is 5.29. The molecule has 3 amide bonds. The monoisotopic (exact) mass is 621 g/mol. The van der Waals surface area contributed by atoms with Gasteiger partial charge in [0, 0.05) is 21.5 Å². The lowest BCUT2D eigenvalue weighted by Crippen LogP contribution is -2.33. The van der Waals surface area contributed by atoms with Crippen molar-refractivity contribution < 1.29 is 23.9 Å². The van der Waals surface area contributed by atoms with Crippen molar-refractivity contribution in [2.24, 2.45) is 5.92 Å². The number of imide groups is 1. The molecule has 6 rings (SSSR count). The number of ether oxygens (including phenoxy) is 2. The molecule has 1 aromatic heterocycles. The molecule has 1 saturated heterocycles. The molecule has 0 spiro atoms. The quantitative estimate of drug-likeness (QED) is 0.289. The normalized spacial score (nSPS) is 19.3. The van der Waals surface area contributed by atoms with Gasteiger partial charge in [0.25, 0.3) is 0 Å². The van der Waals surface area contributed by atoms with E-state index in [0.717, 1.165) is 28.7 Å². The average molecular weight is 622 g/mol. The van der Waals surface area contributed by atoms with Crippen LogP contribution in [0.3, 0.4) is 0 Å². The number of methoxy groups -OCH3 is 2. The molecule has 0 bridgehead atoms. The Morgan fingerprint density at radius 2 is 1.50 bits per heavy atom. The number of amides is 3. The van der Waals surface area contributed by atoms with Crippen LogP contribution in [0, 0.1) is 5.92 Å². The molecule has 4 aromatic rings. The molecule has 3 heterocycles. The van der Waals surface area contributed by atoms with E-state index in [2.05, 4.69) is 5.32 Å². The SMILES string of the molecule is COc1ccc(NC(=O)Cn2c3c(sc2=O)[C@@H](c2ccc(OC)cc2)[C@@H]2C(=O)N(c4ccc(Cl)cc4)C(=O)[C@@H]2S3)cc1. The highest BCUT2D eigenvalue weighted by Crippen LogP contribution is 2.54. The van der Waals surface area contributed by atoms with Crippen LogP contribution >= 0.6 is 34.7 Å². The molecule has 0 aliphatic carbocycles. The highest BCUT2D eigenvalue weighted by atomic mass is 35.5. The maximum atomic E-state index is 14.0. The zero-order valence-electron chi connectivity index (χ0n) is 22.4. The molecule has 1 N–H and O–H groups in total. The molecule has 2 aliphatic rings. The van der Waals surface area contributed by atoms with Crippen LogP contribution in [0.2, 0.25) is 5.02 Å². The predicted molar refractivity (Wildman–Crippen MR) is 162 cm³/mol. The molecule has 214 valence electrons. The number of hydrogen-bond donors (Lipinski definition) is 1. The summed E-state index contributed by atoms with van der Waals surface area (Å²) in [6.07, 6.45) is 0. The van der Waals surface area contributed by atoms with Gasteiger partial charge in [-0.15, -0.1) is 0 Å². The number of rotatable bonds is 7. The zero-order chi connectivity index (χ0) is 29.5. The van der Waals surface area contributed by atoms with Crippen LogP contribution in [0.4, 0.5) is 11.4 Å². The second-order valence-corrected chi connectivity index (χ2v) is 12.3. The van der Waals surface area contributed by atoms with Gasteiger partial charge < -0.3 is 14.8 Å². The van der Waals surface area contributed by atoms with Crippen molar-refractivity contribution in [1.29, 1.82) is 0 Å². The maximum absolute atomic E-state index is 14.0. The first-order chi connectivity index (χ1) is 20.3. The number of nitrogens with zero attached hydrogens (tertiary/aromatic N) is 2. The van der Waals surface area contributed by atoms with Crippen LogP contribution in [0.1, 0.15) is 16.4 Å². The minimum Gasteiger partial charge on any atom is -0.497 e. The number of anilines is 2. The molecule has 3 aromatic carbocycles. The molecule has 3 atom stereocenters. The van der Waals surface area contributed by atoms with Crippen molar-refractivity contribution in [2.75, 3.05) is 24.4 Å². The number of aromatic nitrogens is 1. The third-order valence-corrected chi connectivity index (χ3v) is 10.1. The van der Waals surface area contributed by atoms with Crippen LogP contribution in [-0.4, -0.2) is 41.8 Å². The third-order valence-electron chi connectivity index (χ3n) is 7.28. The molecule has 42 heavy (non-hydrogen) atoms. The second-order valence-electron chi connectivity index (χ2n) is 9.70. The van der Waals surface area contributed by atoms with Gasteiger partial charge in [0.15, 0.2) is 0 Å². The molecule has 0 radical (unpaired) electrons. The van der Waals surface area contributed by atoms with E-state index in [1.165, 1.54) is 9.47 Å². The predicted octanol–water partition coefficient (Wildman–Crippen LogP) is 5.01.